The molecule has 0 rings (SSSR count). The van der Waals surface area contributed by atoms with E-state index in [9.17, 15) is 4.79 Å². The van der Waals surface area contributed by atoms with Gasteiger partial charge < -0.3 is 4.74 Å². The average molecular weight is 265 g/mol. The van der Waals surface area contributed by atoms with Gasteiger partial charge in [-0.1, -0.05) is 22.3 Å². The second-order valence-electron chi connectivity index (χ2n) is 4.50. The molecule has 0 aliphatic rings. The lowest BCUT2D eigenvalue weighted by atomic mass is 10.1. The zero-order chi connectivity index (χ0) is 14.5. The van der Waals surface area contributed by atoms with Crippen LogP contribution in [0.2, 0.25) is 0 Å². The monoisotopic (exact) mass is 265 g/mol. The number of hydrogen-bond acceptors (Lipinski definition) is 3. The lowest BCUT2D eigenvalue weighted by Crippen LogP contribution is -1.98. The molecule has 0 atom stereocenters. The first kappa shape index (κ1) is 17.3. The van der Waals surface area contributed by atoms with Crippen LogP contribution in [0.15, 0.2) is 28.4 Å². The SMILES string of the molecule is CC(=O)OC/C=C(\C)CC/C=C(\C)CCCN=[N+]=[N-]. The van der Waals surface area contributed by atoms with Gasteiger partial charge in [0.15, 0.2) is 0 Å². The molecule has 0 aromatic heterocycles. The molecule has 5 heteroatoms. The highest BCUT2D eigenvalue weighted by Crippen LogP contribution is 2.10. The van der Waals surface area contributed by atoms with E-state index in [1.54, 1.807) is 0 Å². The lowest BCUT2D eigenvalue weighted by molar-refractivity contribution is -0.139. The first-order valence-corrected chi connectivity index (χ1v) is 6.51. The summed E-state index contributed by atoms with van der Waals surface area (Å²) >= 11 is 0. The summed E-state index contributed by atoms with van der Waals surface area (Å²) in [6, 6.07) is 0. The second-order valence-corrected chi connectivity index (χ2v) is 4.50. The summed E-state index contributed by atoms with van der Waals surface area (Å²) in [6.07, 6.45) is 7.96. The number of nitrogens with zero attached hydrogens (tertiary/aromatic N) is 3. The quantitative estimate of drug-likeness (QED) is 0.155. The molecule has 106 valence electrons. The van der Waals surface area contributed by atoms with Gasteiger partial charge in [-0.3, -0.25) is 4.79 Å². The Kier molecular flexibility index (Phi) is 10.3. The second kappa shape index (κ2) is 11.4. The Bertz CT molecular complexity index is 380. The molecule has 0 aromatic carbocycles. The molecule has 0 bridgehead atoms. The van der Waals surface area contributed by atoms with Gasteiger partial charge in [-0.05, 0) is 51.1 Å². The van der Waals surface area contributed by atoms with Crippen LogP contribution in [0.3, 0.4) is 0 Å². The molecule has 0 saturated carbocycles. The number of hydrogen-bond donors (Lipinski definition) is 0. The van der Waals surface area contributed by atoms with Gasteiger partial charge in [-0.25, -0.2) is 0 Å². The Morgan fingerprint density at radius 1 is 1.21 bits per heavy atom. The lowest BCUT2D eigenvalue weighted by Gasteiger charge is -2.02. The zero-order valence-corrected chi connectivity index (χ0v) is 12.1. The summed E-state index contributed by atoms with van der Waals surface area (Å²) in [7, 11) is 0. The molecule has 0 fully saturated rings. The number of ether oxygens (including phenoxy) is 1. The number of carbonyl (C=O) groups excluding carboxylic acids is 1. The molecule has 0 radical (unpaired) electrons. The van der Waals surface area contributed by atoms with E-state index in [4.69, 9.17) is 10.3 Å². The molecule has 0 N–H and O–H groups in total. The maximum Gasteiger partial charge on any atom is 0.302 e. The van der Waals surface area contributed by atoms with E-state index in [1.807, 2.05) is 13.0 Å². The molecule has 0 spiro atoms. The first-order valence-electron chi connectivity index (χ1n) is 6.51. The van der Waals surface area contributed by atoms with Crippen LogP contribution in [0.5, 0.6) is 0 Å². The molecule has 0 aliphatic heterocycles. The number of esters is 1. The minimum atomic E-state index is -0.250. The van der Waals surface area contributed by atoms with Crippen molar-refractivity contribution in [1.29, 1.82) is 0 Å². The molecular weight excluding hydrogens is 242 g/mol. The van der Waals surface area contributed by atoms with E-state index in [0.29, 0.717) is 13.2 Å². The maximum atomic E-state index is 10.6. The fourth-order valence-electron chi connectivity index (χ4n) is 1.52. The third-order valence-corrected chi connectivity index (χ3v) is 2.64. The van der Waals surface area contributed by atoms with Crippen molar-refractivity contribution in [3.05, 3.63) is 33.7 Å². The zero-order valence-electron chi connectivity index (χ0n) is 12.1. The average Bonchev–Trinajstić information content (AvgIpc) is 2.34. The standard InChI is InChI=1S/C14H23N3O2/c1-12(8-5-10-16-17-15)6-4-7-13(2)9-11-19-14(3)18/h6,9H,4-5,7-8,10-11H2,1-3H3/b12-6+,13-9+. The summed E-state index contributed by atoms with van der Waals surface area (Å²) in [5.41, 5.74) is 10.7. The van der Waals surface area contributed by atoms with E-state index < -0.39 is 0 Å². The van der Waals surface area contributed by atoms with Crippen LogP contribution in [-0.4, -0.2) is 19.1 Å². The van der Waals surface area contributed by atoms with Crippen molar-refractivity contribution in [3.8, 4) is 0 Å². The Balaban J connectivity index is 3.79. The highest BCUT2D eigenvalue weighted by Gasteiger charge is 1.93. The van der Waals surface area contributed by atoms with E-state index in [1.165, 1.54) is 18.1 Å². The van der Waals surface area contributed by atoms with E-state index in [-0.39, 0.29) is 5.97 Å². The van der Waals surface area contributed by atoms with Crippen LogP contribution >= 0.6 is 0 Å². The van der Waals surface area contributed by atoms with Gasteiger partial charge >= 0.3 is 5.97 Å². The van der Waals surface area contributed by atoms with Gasteiger partial charge in [-0.15, -0.1) is 0 Å². The minimum absolute atomic E-state index is 0.250. The number of rotatable bonds is 9. The summed E-state index contributed by atoms with van der Waals surface area (Å²) in [6.45, 7) is 6.45. The predicted octanol–water partition coefficient (Wildman–Crippen LogP) is 4.31. The molecule has 0 unspecified atom stereocenters. The summed E-state index contributed by atoms with van der Waals surface area (Å²) in [4.78, 5) is 13.3. The van der Waals surface area contributed by atoms with E-state index >= 15 is 0 Å². The molecule has 19 heavy (non-hydrogen) atoms. The maximum absolute atomic E-state index is 10.6. The molecule has 0 aliphatic carbocycles. The number of allylic oxidation sites excluding steroid dienone is 3. The van der Waals surface area contributed by atoms with Crippen molar-refractivity contribution in [2.75, 3.05) is 13.2 Å². The molecule has 0 heterocycles. The number of carbonyl (C=O) groups is 1. The fourth-order valence-corrected chi connectivity index (χ4v) is 1.52. The minimum Gasteiger partial charge on any atom is -0.462 e. The molecular formula is C14H23N3O2. The van der Waals surface area contributed by atoms with Crippen LogP contribution in [0.25, 0.3) is 10.4 Å². The Hall–Kier alpha value is -1.74. The predicted molar refractivity (Wildman–Crippen MR) is 76.6 cm³/mol. The van der Waals surface area contributed by atoms with Gasteiger partial charge in [-0.2, -0.15) is 0 Å². The smallest absolute Gasteiger partial charge is 0.302 e. The van der Waals surface area contributed by atoms with Crippen LogP contribution in [0.1, 0.15) is 46.5 Å². The van der Waals surface area contributed by atoms with Gasteiger partial charge in [0.2, 0.25) is 0 Å². The first-order chi connectivity index (χ1) is 9.06. The Labute approximate surface area is 115 Å². The van der Waals surface area contributed by atoms with Gasteiger partial charge in [0.1, 0.15) is 6.61 Å². The highest BCUT2D eigenvalue weighted by atomic mass is 16.5. The van der Waals surface area contributed by atoms with Crippen LogP contribution < -0.4 is 0 Å². The molecule has 0 amide bonds. The van der Waals surface area contributed by atoms with E-state index in [0.717, 1.165) is 25.7 Å². The van der Waals surface area contributed by atoms with Crippen molar-refractivity contribution >= 4 is 5.97 Å². The van der Waals surface area contributed by atoms with Gasteiger partial charge in [0.25, 0.3) is 0 Å². The Morgan fingerprint density at radius 3 is 2.53 bits per heavy atom. The van der Waals surface area contributed by atoms with Crippen LogP contribution in [0.4, 0.5) is 0 Å². The highest BCUT2D eigenvalue weighted by molar-refractivity contribution is 5.66. The molecule has 5 nitrogen and oxygen atoms in total. The van der Waals surface area contributed by atoms with E-state index in [2.05, 4.69) is 23.0 Å². The summed E-state index contributed by atoms with van der Waals surface area (Å²) in [5, 5.41) is 3.50. The van der Waals surface area contributed by atoms with Crippen molar-refractivity contribution < 1.29 is 9.53 Å². The van der Waals surface area contributed by atoms with Crippen LogP contribution in [-0.2, 0) is 9.53 Å². The molecule has 0 saturated heterocycles. The summed E-state index contributed by atoms with van der Waals surface area (Å²) < 4.78 is 4.85. The third-order valence-electron chi connectivity index (χ3n) is 2.64. The number of azide groups is 1. The topological polar surface area (TPSA) is 75.1 Å². The van der Waals surface area contributed by atoms with Crippen molar-refractivity contribution in [2.45, 2.75) is 46.5 Å². The Morgan fingerprint density at radius 2 is 1.89 bits per heavy atom. The van der Waals surface area contributed by atoms with Crippen molar-refractivity contribution in [2.24, 2.45) is 5.11 Å². The van der Waals surface area contributed by atoms with Crippen molar-refractivity contribution in [3.63, 3.8) is 0 Å². The van der Waals surface area contributed by atoms with Crippen LogP contribution in [0, 0.1) is 0 Å². The molecule has 0 aromatic rings. The van der Waals surface area contributed by atoms with Gasteiger partial charge in [0, 0.05) is 18.4 Å². The van der Waals surface area contributed by atoms with Crippen molar-refractivity contribution in [1.82, 2.24) is 0 Å². The third kappa shape index (κ3) is 12.5. The summed E-state index contributed by atoms with van der Waals surface area (Å²) in [5.74, 6) is -0.250. The normalized spacial score (nSPS) is 11.9. The fraction of sp³-hybridized carbons (Fsp3) is 0.643. The van der Waals surface area contributed by atoms with Gasteiger partial charge in [0.05, 0.1) is 0 Å². The largest absolute Gasteiger partial charge is 0.462 e.